The maximum absolute atomic E-state index is 13.5. The van der Waals surface area contributed by atoms with E-state index in [0.717, 1.165) is 23.2 Å². The molecule has 1 aromatic carbocycles. The largest absolute Gasteiger partial charge is 0.390 e. The van der Waals surface area contributed by atoms with E-state index in [9.17, 15) is 9.50 Å². The van der Waals surface area contributed by atoms with E-state index in [0.29, 0.717) is 13.2 Å². The van der Waals surface area contributed by atoms with Gasteiger partial charge in [0.25, 0.3) is 0 Å². The predicted octanol–water partition coefficient (Wildman–Crippen LogP) is 1.99. The number of aliphatic hydroxyl groups is 1. The first-order valence-corrected chi connectivity index (χ1v) is 6.83. The second-order valence-electron chi connectivity index (χ2n) is 5.46. The molecule has 2 aliphatic heterocycles. The van der Waals surface area contributed by atoms with Gasteiger partial charge >= 0.3 is 0 Å². The molecule has 0 bridgehead atoms. The van der Waals surface area contributed by atoms with E-state index in [2.05, 4.69) is 4.98 Å². The van der Waals surface area contributed by atoms with E-state index in [1.165, 1.54) is 6.07 Å². The molecule has 0 saturated carbocycles. The van der Waals surface area contributed by atoms with Crippen molar-refractivity contribution in [2.75, 3.05) is 13.2 Å². The summed E-state index contributed by atoms with van der Waals surface area (Å²) in [6.45, 7) is 1.01. The van der Waals surface area contributed by atoms with Crippen LogP contribution in [-0.4, -0.2) is 34.0 Å². The van der Waals surface area contributed by atoms with Crippen LogP contribution < -0.4 is 0 Å². The Morgan fingerprint density at radius 1 is 1.40 bits per heavy atom. The van der Waals surface area contributed by atoms with Crippen molar-refractivity contribution in [2.24, 2.45) is 5.92 Å². The molecule has 5 heteroatoms. The highest BCUT2D eigenvalue weighted by molar-refractivity contribution is 5.69. The lowest BCUT2D eigenvalue weighted by molar-refractivity contribution is -0.0540. The number of aromatic nitrogens is 2. The van der Waals surface area contributed by atoms with Crippen molar-refractivity contribution in [3.8, 4) is 11.3 Å². The summed E-state index contributed by atoms with van der Waals surface area (Å²) in [6.07, 6.45) is 3.81. The Kier molecular flexibility index (Phi) is 2.65. The van der Waals surface area contributed by atoms with Gasteiger partial charge in [0.2, 0.25) is 0 Å². The number of hydrogen-bond donors (Lipinski definition) is 1. The number of imidazole rings is 1. The van der Waals surface area contributed by atoms with E-state index in [4.69, 9.17) is 4.74 Å². The maximum Gasteiger partial charge on any atom is 0.123 e. The molecule has 2 aliphatic rings. The lowest BCUT2D eigenvalue weighted by atomic mass is 9.85. The number of nitrogens with zero attached hydrogens (tertiary/aromatic N) is 2. The monoisotopic (exact) mass is 274 g/mol. The molecule has 1 aromatic heterocycles. The Balaban J connectivity index is 1.85. The Labute approximate surface area is 115 Å². The first kappa shape index (κ1) is 12.1. The van der Waals surface area contributed by atoms with Gasteiger partial charge in [-0.2, -0.15) is 0 Å². The smallest absolute Gasteiger partial charge is 0.123 e. The van der Waals surface area contributed by atoms with Crippen molar-refractivity contribution in [2.45, 2.75) is 18.6 Å². The van der Waals surface area contributed by atoms with Crippen LogP contribution in [0.1, 0.15) is 18.0 Å². The third-order valence-corrected chi connectivity index (χ3v) is 4.36. The fourth-order valence-corrected chi connectivity index (χ4v) is 3.44. The highest BCUT2D eigenvalue weighted by Crippen LogP contribution is 2.45. The number of benzene rings is 1. The molecule has 3 atom stereocenters. The quantitative estimate of drug-likeness (QED) is 0.865. The fraction of sp³-hybridized carbons (Fsp3) is 0.400. The van der Waals surface area contributed by atoms with Crippen LogP contribution in [0, 0.1) is 11.7 Å². The van der Waals surface area contributed by atoms with Crippen molar-refractivity contribution in [1.82, 2.24) is 9.55 Å². The van der Waals surface area contributed by atoms with E-state index in [1.54, 1.807) is 18.6 Å². The molecule has 0 spiro atoms. The average molecular weight is 274 g/mol. The highest BCUT2D eigenvalue weighted by atomic mass is 19.1. The first-order chi connectivity index (χ1) is 9.75. The van der Waals surface area contributed by atoms with Gasteiger partial charge in [-0.3, -0.25) is 0 Å². The van der Waals surface area contributed by atoms with Crippen LogP contribution in [0.2, 0.25) is 0 Å². The van der Waals surface area contributed by atoms with Gasteiger partial charge in [0, 0.05) is 18.1 Å². The van der Waals surface area contributed by atoms with Gasteiger partial charge in [-0.25, -0.2) is 9.37 Å². The summed E-state index contributed by atoms with van der Waals surface area (Å²) in [5, 5.41) is 10.2. The normalized spacial score (nSPS) is 28.2. The highest BCUT2D eigenvalue weighted by Gasteiger charge is 2.39. The van der Waals surface area contributed by atoms with Gasteiger partial charge in [0.05, 0.1) is 37.0 Å². The van der Waals surface area contributed by atoms with E-state index in [-0.39, 0.29) is 17.8 Å². The summed E-state index contributed by atoms with van der Waals surface area (Å²) in [5.74, 6) is -0.173. The van der Waals surface area contributed by atoms with Crippen LogP contribution in [0.3, 0.4) is 0 Å². The minimum atomic E-state index is -0.500. The van der Waals surface area contributed by atoms with E-state index in [1.807, 2.05) is 10.6 Å². The third kappa shape index (κ3) is 1.63. The molecule has 0 radical (unpaired) electrons. The Hall–Kier alpha value is -1.72. The molecule has 104 valence electrons. The zero-order valence-electron chi connectivity index (χ0n) is 10.9. The molecule has 4 rings (SSSR count). The van der Waals surface area contributed by atoms with Gasteiger partial charge < -0.3 is 14.4 Å². The first-order valence-electron chi connectivity index (χ1n) is 6.83. The minimum Gasteiger partial charge on any atom is -0.390 e. The van der Waals surface area contributed by atoms with Crippen LogP contribution in [0.5, 0.6) is 0 Å². The van der Waals surface area contributed by atoms with E-state index < -0.39 is 6.10 Å². The maximum atomic E-state index is 13.5. The molecule has 4 nitrogen and oxygen atoms in total. The van der Waals surface area contributed by atoms with Crippen LogP contribution >= 0.6 is 0 Å². The molecular weight excluding hydrogens is 259 g/mol. The summed E-state index contributed by atoms with van der Waals surface area (Å²) < 4.78 is 20.9. The minimum absolute atomic E-state index is 0.0157. The summed E-state index contributed by atoms with van der Waals surface area (Å²) in [4.78, 5) is 4.17. The molecular formula is C15H15FN2O2. The lowest BCUT2D eigenvalue weighted by Crippen LogP contribution is -2.37. The van der Waals surface area contributed by atoms with Crippen molar-refractivity contribution in [3.63, 3.8) is 0 Å². The summed E-state index contributed by atoms with van der Waals surface area (Å²) in [7, 11) is 0. The topological polar surface area (TPSA) is 47.3 Å². The third-order valence-electron chi connectivity index (χ3n) is 4.36. The average Bonchev–Trinajstić information content (AvgIpc) is 3.00. The zero-order valence-corrected chi connectivity index (χ0v) is 10.9. The number of aliphatic hydroxyl groups excluding tert-OH is 1. The lowest BCUT2D eigenvalue weighted by Gasteiger charge is -2.33. The molecule has 0 aliphatic carbocycles. The molecule has 1 fully saturated rings. The second kappa shape index (κ2) is 4.40. The molecule has 3 heterocycles. The van der Waals surface area contributed by atoms with Gasteiger partial charge in [-0.05, 0) is 24.1 Å². The molecule has 1 saturated heterocycles. The molecule has 1 N–H and O–H groups in total. The predicted molar refractivity (Wildman–Crippen MR) is 70.7 cm³/mol. The van der Waals surface area contributed by atoms with Crippen LogP contribution in [0.25, 0.3) is 11.3 Å². The number of halogens is 1. The second-order valence-corrected chi connectivity index (χ2v) is 5.46. The van der Waals surface area contributed by atoms with Gasteiger partial charge in [0.15, 0.2) is 0 Å². The summed E-state index contributed by atoms with van der Waals surface area (Å²) in [5.41, 5.74) is 2.86. The standard InChI is InChI=1S/C15H15FN2O2/c16-9-1-2-10-12(5-9)13-6-17-8-18(13)15(10)11-3-4-20-7-14(11)19/h1-2,5-6,8,11,14-15,19H,3-4,7H2/t11-,14-,15+/m1/s1. The van der Waals surface area contributed by atoms with Gasteiger partial charge in [-0.1, -0.05) is 6.07 Å². The Morgan fingerprint density at radius 3 is 3.15 bits per heavy atom. The van der Waals surface area contributed by atoms with Gasteiger partial charge in [-0.15, -0.1) is 0 Å². The zero-order chi connectivity index (χ0) is 13.7. The molecule has 0 amide bonds. The summed E-state index contributed by atoms with van der Waals surface area (Å²) >= 11 is 0. The summed E-state index contributed by atoms with van der Waals surface area (Å²) in [6, 6.07) is 4.87. The number of fused-ring (bicyclic) bond motifs is 3. The number of hydrogen-bond acceptors (Lipinski definition) is 3. The van der Waals surface area contributed by atoms with Crippen molar-refractivity contribution >= 4 is 0 Å². The Bertz CT molecular complexity index is 655. The van der Waals surface area contributed by atoms with Crippen LogP contribution in [-0.2, 0) is 4.74 Å². The van der Waals surface area contributed by atoms with Gasteiger partial charge in [0.1, 0.15) is 5.82 Å². The Morgan fingerprint density at radius 2 is 2.30 bits per heavy atom. The number of ether oxygens (including phenoxy) is 1. The van der Waals surface area contributed by atoms with Crippen LogP contribution in [0.15, 0.2) is 30.7 Å². The van der Waals surface area contributed by atoms with Crippen molar-refractivity contribution < 1.29 is 14.2 Å². The van der Waals surface area contributed by atoms with Crippen molar-refractivity contribution in [3.05, 3.63) is 42.1 Å². The van der Waals surface area contributed by atoms with E-state index >= 15 is 0 Å². The SMILES string of the molecule is O[C@@H]1COCC[C@H]1[C@@H]1c2ccc(F)cc2-c2cncn21. The van der Waals surface area contributed by atoms with Crippen LogP contribution in [0.4, 0.5) is 4.39 Å². The van der Waals surface area contributed by atoms with Crippen molar-refractivity contribution in [1.29, 1.82) is 0 Å². The molecule has 20 heavy (non-hydrogen) atoms. The number of rotatable bonds is 1. The fourth-order valence-electron chi connectivity index (χ4n) is 3.44. The molecule has 0 unspecified atom stereocenters. The molecule has 2 aromatic rings.